The molecule has 0 unspecified atom stereocenters. The lowest BCUT2D eigenvalue weighted by Crippen LogP contribution is -2.01. The van der Waals surface area contributed by atoms with Gasteiger partial charge in [0.05, 0.1) is 11.1 Å². The zero-order valence-electron chi connectivity index (χ0n) is 10.5. The summed E-state index contributed by atoms with van der Waals surface area (Å²) in [5.41, 5.74) is -0.506. The van der Waals surface area contributed by atoms with Gasteiger partial charge >= 0.3 is 0 Å². The van der Waals surface area contributed by atoms with Crippen molar-refractivity contribution >= 4 is 0 Å². The van der Waals surface area contributed by atoms with Crippen LogP contribution in [0.4, 0.5) is 13.2 Å². The van der Waals surface area contributed by atoms with Crippen LogP contribution in [-0.4, -0.2) is 19.9 Å². The standard InChI is InChI=1S/C14H7F3N4/c15-10-8(13-18-3-1-4-19-13)7-9(11(16)12(10)17)14-20-5-2-6-21-14/h1-7H. The van der Waals surface area contributed by atoms with Gasteiger partial charge in [0.15, 0.2) is 29.1 Å². The van der Waals surface area contributed by atoms with Crippen LogP contribution in [0, 0.1) is 17.5 Å². The van der Waals surface area contributed by atoms with E-state index in [1.165, 1.54) is 36.9 Å². The molecule has 0 aliphatic rings. The molecule has 4 nitrogen and oxygen atoms in total. The molecule has 0 saturated carbocycles. The number of hydrogen-bond acceptors (Lipinski definition) is 4. The number of hydrogen-bond donors (Lipinski definition) is 0. The molecule has 3 rings (SSSR count). The summed E-state index contributed by atoms with van der Waals surface area (Å²) in [6.07, 6.45) is 5.51. The zero-order valence-corrected chi connectivity index (χ0v) is 10.5. The molecular formula is C14H7F3N4. The van der Waals surface area contributed by atoms with Crippen molar-refractivity contribution in [2.45, 2.75) is 0 Å². The summed E-state index contributed by atoms with van der Waals surface area (Å²) < 4.78 is 41.6. The highest BCUT2D eigenvalue weighted by atomic mass is 19.2. The smallest absolute Gasteiger partial charge is 0.195 e. The second-order valence-electron chi connectivity index (χ2n) is 4.06. The molecule has 104 valence electrons. The van der Waals surface area contributed by atoms with Gasteiger partial charge in [-0.15, -0.1) is 0 Å². The van der Waals surface area contributed by atoms with Gasteiger partial charge in [0, 0.05) is 24.8 Å². The molecule has 21 heavy (non-hydrogen) atoms. The van der Waals surface area contributed by atoms with Gasteiger partial charge in [-0.3, -0.25) is 0 Å². The average Bonchev–Trinajstić information content (AvgIpc) is 2.55. The molecule has 3 aromatic rings. The summed E-state index contributed by atoms with van der Waals surface area (Å²) in [6, 6.07) is 4.16. The Balaban J connectivity index is 2.26. The minimum Gasteiger partial charge on any atom is -0.236 e. The Hall–Kier alpha value is -2.83. The molecule has 0 aliphatic heterocycles. The minimum atomic E-state index is -1.61. The first-order valence-corrected chi connectivity index (χ1v) is 5.90. The maximum Gasteiger partial charge on any atom is 0.195 e. The van der Waals surface area contributed by atoms with E-state index in [0.29, 0.717) is 0 Å². The molecule has 0 N–H and O–H groups in total. The maximum absolute atomic E-state index is 13.9. The van der Waals surface area contributed by atoms with E-state index in [1.807, 2.05) is 0 Å². The number of aromatic nitrogens is 4. The van der Waals surface area contributed by atoms with Crippen LogP contribution in [-0.2, 0) is 0 Å². The Kier molecular flexibility index (Phi) is 3.31. The molecule has 0 saturated heterocycles. The van der Waals surface area contributed by atoms with Crippen molar-refractivity contribution in [3.05, 3.63) is 60.4 Å². The summed E-state index contributed by atoms with van der Waals surface area (Å²) in [6.45, 7) is 0. The number of rotatable bonds is 2. The summed E-state index contributed by atoms with van der Waals surface area (Å²) >= 11 is 0. The van der Waals surface area contributed by atoms with E-state index in [-0.39, 0.29) is 22.8 Å². The molecule has 2 aromatic heterocycles. The van der Waals surface area contributed by atoms with Crippen LogP contribution >= 0.6 is 0 Å². The van der Waals surface area contributed by atoms with E-state index in [1.54, 1.807) is 0 Å². The fraction of sp³-hybridized carbons (Fsp3) is 0. The van der Waals surface area contributed by atoms with Crippen molar-refractivity contribution < 1.29 is 13.2 Å². The van der Waals surface area contributed by atoms with Gasteiger partial charge in [-0.2, -0.15) is 0 Å². The molecule has 0 atom stereocenters. The summed E-state index contributed by atoms with van der Waals surface area (Å²) in [5, 5.41) is 0. The molecule has 0 radical (unpaired) electrons. The Morgan fingerprint density at radius 1 is 0.571 bits per heavy atom. The van der Waals surface area contributed by atoms with Crippen LogP contribution in [0.1, 0.15) is 0 Å². The Bertz CT molecular complexity index is 715. The highest BCUT2D eigenvalue weighted by Gasteiger charge is 2.22. The summed E-state index contributed by atoms with van der Waals surface area (Å²) in [5.74, 6) is -4.41. The minimum absolute atomic E-state index is 0.0499. The zero-order chi connectivity index (χ0) is 14.8. The van der Waals surface area contributed by atoms with E-state index < -0.39 is 17.5 Å². The molecule has 1 aromatic carbocycles. The van der Waals surface area contributed by atoms with Crippen LogP contribution in [0.25, 0.3) is 22.8 Å². The highest BCUT2D eigenvalue weighted by molar-refractivity contribution is 5.67. The number of benzene rings is 1. The SMILES string of the molecule is Fc1c(-c2ncccn2)cc(-c2ncccn2)c(F)c1F. The fourth-order valence-corrected chi connectivity index (χ4v) is 1.81. The molecular weight excluding hydrogens is 281 g/mol. The van der Waals surface area contributed by atoms with Gasteiger partial charge in [0.2, 0.25) is 0 Å². The molecule has 7 heteroatoms. The lowest BCUT2D eigenvalue weighted by Gasteiger charge is -2.08. The number of nitrogens with zero attached hydrogens (tertiary/aromatic N) is 4. The van der Waals surface area contributed by atoms with Crippen molar-refractivity contribution in [3.63, 3.8) is 0 Å². The predicted octanol–water partition coefficient (Wildman–Crippen LogP) is 3.02. The van der Waals surface area contributed by atoms with Gasteiger partial charge in [-0.25, -0.2) is 33.1 Å². The quantitative estimate of drug-likeness (QED) is 0.680. The molecule has 0 fully saturated rings. The number of halogens is 3. The van der Waals surface area contributed by atoms with E-state index >= 15 is 0 Å². The fourth-order valence-electron chi connectivity index (χ4n) is 1.81. The summed E-state index contributed by atoms with van der Waals surface area (Å²) in [4.78, 5) is 15.3. The summed E-state index contributed by atoms with van der Waals surface area (Å²) in [7, 11) is 0. The first-order chi connectivity index (χ1) is 10.2. The molecule has 0 aliphatic carbocycles. The van der Waals surface area contributed by atoms with Crippen molar-refractivity contribution in [1.82, 2.24) is 19.9 Å². The topological polar surface area (TPSA) is 51.6 Å². The Morgan fingerprint density at radius 2 is 0.952 bits per heavy atom. The monoisotopic (exact) mass is 288 g/mol. The maximum atomic E-state index is 13.9. The molecule has 2 heterocycles. The largest absolute Gasteiger partial charge is 0.236 e. The first-order valence-electron chi connectivity index (χ1n) is 5.90. The van der Waals surface area contributed by atoms with Crippen molar-refractivity contribution in [1.29, 1.82) is 0 Å². The molecule has 0 amide bonds. The lowest BCUT2D eigenvalue weighted by molar-refractivity contribution is 0.450. The third-order valence-electron chi connectivity index (χ3n) is 2.76. The second kappa shape index (κ2) is 5.28. The van der Waals surface area contributed by atoms with E-state index in [2.05, 4.69) is 19.9 Å². The first kappa shape index (κ1) is 13.2. The normalized spacial score (nSPS) is 10.6. The Labute approximate surface area is 117 Å². The van der Waals surface area contributed by atoms with Crippen molar-refractivity contribution in [3.8, 4) is 22.8 Å². The van der Waals surface area contributed by atoms with Crippen LogP contribution in [0.5, 0.6) is 0 Å². The van der Waals surface area contributed by atoms with Crippen LogP contribution in [0.2, 0.25) is 0 Å². The Morgan fingerprint density at radius 3 is 1.33 bits per heavy atom. The van der Waals surface area contributed by atoms with E-state index in [4.69, 9.17) is 0 Å². The molecule has 0 bridgehead atoms. The average molecular weight is 288 g/mol. The lowest BCUT2D eigenvalue weighted by atomic mass is 10.1. The van der Waals surface area contributed by atoms with Crippen LogP contribution in [0.15, 0.2) is 43.0 Å². The van der Waals surface area contributed by atoms with Crippen molar-refractivity contribution in [2.75, 3.05) is 0 Å². The van der Waals surface area contributed by atoms with Gasteiger partial charge in [0.25, 0.3) is 0 Å². The van der Waals surface area contributed by atoms with Crippen molar-refractivity contribution in [2.24, 2.45) is 0 Å². The van der Waals surface area contributed by atoms with Crippen LogP contribution < -0.4 is 0 Å². The molecule has 0 spiro atoms. The third-order valence-corrected chi connectivity index (χ3v) is 2.76. The van der Waals surface area contributed by atoms with Gasteiger partial charge in [0.1, 0.15) is 0 Å². The van der Waals surface area contributed by atoms with Crippen LogP contribution in [0.3, 0.4) is 0 Å². The van der Waals surface area contributed by atoms with E-state index in [9.17, 15) is 13.2 Å². The van der Waals surface area contributed by atoms with Gasteiger partial charge in [-0.05, 0) is 18.2 Å². The van der Waals surface area contributed by atoms with E-state index in [0.717, 1.165) is 6.07 Å². The second-order valence-corrected chi connectivity index (χ2v) is 4.06. The third kappa shape index (κ3) is 2.33. The van der Waals surface area contributed by atoms with Gasteiger partial charge in [-0.1, -0.05) is 0 Å². The van der Waals surface area contributed by atoms with Gasteiger partial charge < -0.3 is 0 Å². The highest BCUT2D eigenvalue weighted by Crippen LogP contribution is 2.30. The predicted molar refractivity (Wildman–Crippen MR) is 68.4 cm³/mol.